The number of nitrogens with two attached hydrogens (primary N) is 1. The molecule has 1 atom stereocenters. The van der Waals surface area contributed by atoms with Crippen LogP contribution in [0.15, 0.2) is 0 Å². The van der Waals surface area contributed by atoms with Crippen LogP contribution < -0.4 is 5.73 Å². The van der Waals surface area contributed by atoms with Crippen molar-refractivity contribution < 1.29 is 0 Å². The maximum Gasteiger partial charge on any atom is 0.0751 e. The Morgan fingerprint density at radius 1 is 1.00 bits per heavy atom. The van der Waals surface area contributed by atoms with Crippen molar-refractivity contribution in [3.8, 4) is 0 Å². The highest BCUT2D eigenvalue weighted by atomic mass is 28.3. The van der Waals surface area contributed by atoms with Gasteiger partial charge in [-0.1, -0.05) is 52.2 Å². The Kier molecular flexibility index (Phi) is 5.23. The molecule has 0 aliphatic rings. The molecule has 1 nitrogen and oxygen atoms in total. The highest BCUT2D eigenvalue weighted by molar-refractivity contribution is 6.82. The van der Waals surface area contributed by atoms with Crippen LogP contribution in [0.4, 0.5) is 0 Å². The standard InChI is InChI=1S/C11H27NSi/c1-6-10-11(5,12)13(7-2,8-3)9-4/h6-10,12H2,1-5H3. The normalized spacial score (nSPS) is 17.1. The Labute approximate surface area is 85.1 Å². The minimum Gasteiger partial charge on any atom is -0.328 e. The highest BCUT2D eigenvalue weighted by Gasteiger charge is 2.42. The Bertz CT molecular complexity index is 131. The van der Waals surface area contributed by atoms with E-state index in [1.54, 1.807) is 0 Å². The SMILES string of the molecule is CCCC(C)(N)[Si](CC)(CC)CC. The van der Waals surface area contributed by atoms with E-state index in [-0.39, 0.29) is 5.16 Å². The van der Waals surface area contributed by atoms with E-state index in [9.17, 15) is 0 Å². The molecule has 0 fully saturated rings. The molecule has 0 aromatic rings. The van der Waals surface area contributed by atoms with Crippen LogP contribution in [-0.4, -0.2) is 13.2 Å². The summed E-state index contributed by atoms with van der Waals surface area (Å²) in [6.45, 7) is 11.5. The van der Waals surface area contributed by atoms with E-state index >= 15 is 0 Å². The second kappa shape index (κ2) is 5.16. The smallest absolute Gasteiger partial charge is 0.0751 e. The maximum atomic E-state index is 6.50. The molecule has 0 heterocycles. The summed E-state index contributed by atoms with van der Waals surface area (Å²) in [5.74, 6) is 0. The van der Waals surface area contributed by atoms with Gasteiger partial charge in [0.2, 0.25) is 0 Å². The van der Waals surface area contributed by atoms with Gasteiger partial charge in [-0.25, -0.2) is 0 Å². The van der Waals surface area contributed by atoms with Crippen LogP contribution in [0.2, 0.25) is 18.1 Å². The molecule has 1 unspecified atom stereocenters. The van der Waals surface area contributed by atoms with Crippen molar-refractivity contribution in [3.63, 3.8) is 0 Å². The summed E-state index contributed by atoms with van der Waals surface area (Å²) in [4.78, 5) is 0. The van der Waals surface area contributed by atoms with Gasteiger partial charge in [0, 0.05) is 5.16 Å². The van der Waals surface area contributed by atoms with E-state index < -0.39 is 8.07 Å². The van der Waals surface area contributed by atoms with E-state index in [1.807, 2.05) is 0 Å². The van der Waals surface area contributed by atoms with Crippen LogP contribution in [0.5, 0.6) is 0 Å². The van der Waals surface area contributed by atoms with Crippen LogP contribution in [-0.2, 0) is 0 Å². The molecule has 2 heteroatoms. The van der Waals surface area contributed by atoms with Gasteiger partial charge in [0.25, 0.3) is 0 Å². The lowest BCUT2D eigenvalue weighted by atomic mass is 10.2. The molecule has 0 bridgehead atoms. The molecule has 0 rings (SSSR count). The zero-order chi connectivity index (χ0) is 10.5. The van der Waals surface area contributed by atoms with Crippen molar-refractivity contribution in [1.82, 2.24) is 0 Å². The van der Waals surface area contributed by atoms with Crippen molar-refractivity contribution in [2.75, 3.05) is 0 Å². The highest BCUT2D eigenvalue weighted by Crippen LogP contribution is 2.33. The fourth-order valence-electron chi connectivity index (χ4n) is 2.75. The zero-order valence-corrected chi connectivity index (χ0v) is 11.1. The molecule has 2 N–H and O–H groups in total. The van der Waals surface area contributed by atoms with Crippen molar-refractivity contribution in [3.05, 3.63) is 0 Å². The molecule has 0 spiro atoms. The fourth-order valence-corrected chi connectivity index (χ4v) is 7.45. The minimum atomic E-state index is -1.19. The van der Waals surface area contributed by atoms with Gasteiger partial charge in [0.1, 0.15) is 0 Å². The summed E-state index contributed by atoms with van der Waals surface area (Å²) >= 11 is 0. The first-order valence-electron chi connectivity index (χ1n) is 5.78. The van der Waals surface area contributed by atoms with Gasteiger partial charge in [0.15, 0.2) is 0 Å². The first-order valence-corrected chi connectivity index (χ1v) is 8.40. The summed E-state index contributed by atoms with van der Waals surface area (Å²) in [5, 5.41) is 0.153. The summed E-state index contributed by atoms with van der Waals surface area (Å²) in [7, 11) is -1.19. The predicted octanol–water partition coefficient (Wildman–Crippen LogP) is 3.55. The molecule has 80 valence electrons. The quantitative estimate of drug-likeness (QED) is 0.654. The van der Waals surface area contributed by atoms with E-state index in [0.29, 0.717) is 0 Å². The van der Waals surface area contributed by atoms with Crippen LogP contribution in [0.3, 0.4) is 0 Å². The third kappa shape index (κ3) is 2.56. The lowest BCUT2D eigenvalue weighted by Crippen LogP contribution is -2.61. The van der Waals surface area contributed by atoms with Crippen LogP contribution in [0, 0.1) is 0 Å². The molecule has 0 aromatic carbocycles. The van der Waals surface area contributed by atoms with Crippen molar-refractivity contribution in [2.45, 2.75) is 70.8 Å². The average Bonchev–Trinajstić information content (AvgIpc) is 2.07. The second-order valence-electron chi connectivity index (χ2n) is 4.51. The molecule has 0 radical (unpaired) electrons. The molecule has 0 aliphatic heterocycles. The first-order chi connectivity index (χ1) is 5.99. The summed E-state index contributed by atoms with van der Waals surface area (Å²) in [5.41, 5.74) is 6.50. The van der Waals surface area contributed by atoms with E-state index in [2.05, 4.69) is 34.6 Å². The Morgan fingerprint density at radius 3 is 1.62 bits per heavy atom. The van der Waals surface area contributed by atoms with Crippen molar-refractivity contribution in [2.24, 2.45) is 5.73 Å². The van der Waals surface area contributed by atoms with Crippen LogP contribution in [0.25, 0.3) is 0 Å². The van der Waals surface area contributed by atoms with E-state index in [1.165, 1.54) is 31.0 Å². The number of hydrogen-bond acceptors (Lipinski definition) is 1. The first kappa shape index (κ1) is 13.2. The lowest BCUT2D eigenvalue weighted by molar-refractivity contribution is 0.549. The molecular formula is C11H27NSi. The third-order valence-electron chi connectivity index (χ3n) is 4.01. The van der Waals surface area contributed by atoms with Gasteiger partial charge < -0.3 is 5.73 Å². The van der Waals surface area contributed by atoms with Gasteiger partial charge in [0.05, 0.1) is 8.07 Å². The van der Waals surface area contributed by atoms with Gasteiger partial charge in [-0.15, -0.1) is 0 Å². The van der Waals surface area contributed by atoms with Crippen molar-refractivity contribution in [1.29, 1.82) is 0 Å². The largest absolute Gasteiger partial charge is 0.328 e. The van der Waals surface area contributed by atoms with Gasteiger partial charge in [-0.05, 0) is 13.3 Å². The van der Waals surface area contributed by atoms with E-state index in [0.717, 1.165) is 0 Å². The minimum absolute atomic E-state index is 0.153. The average molecular weight is 201 g/mol. The van der Waals surface area contributed by atoms with Crippen molar-refractivity contribution >= 4 is 8.07 Å². The number of hydrogen-bond donors (Lipinski definition) is 1. The van der Waals surface area contributed by atoms with Crippen LogP contribution in [0.1, 0.15) is 47.5 Å². The monoisotopic (exact) mass is 201 g/mol. The molecule has 0 saturated heterocycles. The zero-order valence-electron chi connectivity index (χ0n) is 10.1. The Balaban J connectivity index is 4.68. The molecule has 0 amide bonds. The van der Waals surface area contributed by atoms with Gasteiger partial charge in [-0.3, -0.25) is 0 Å². The Morgan fingerprint density at radius 2 is 1.38 bits per heavy atom. The molecule has 13 heavy (non-hydrogen) atoms. The van der Waals surface area contributed by atoms with E-state index in [4.69, 9.17) is 5.73 Å². The summed E-state index contributed by atoms with van der Waals surface area (Å²) in [6, 6.07) is 4.02. The van der Waals surface area contributed by atoms with Crippen LogP contribution >= 0.6 is 0 Å². The molecular weight excluding hydrogens is 174 g/mol. The van der Waals surface area contributed by atoms with Gasteiger partial charge in [-0.2, -0.15) is 0 Å². The second-order valence-corrected chi connectivity index (χ2v) is 10.3. The predicted molar refractivity (Wildman–Crippen MR) is 64.7 cm³/mol. The lowest BCUT2D eigenvalue weighted by Gasteiger charge is -2.44. The molecule has 0 aliphatic carbocycles. The van der Waals surface area contributed by atoms with Gasteiger partial charge >= 0.3 is 0 Å². The fraction of sp³-hybridized carbons (Fsp3) is 1.00. The molecule has 0 aromatic heterocycles. The topological polar surface area (TPSA) is 26.0 Å². The number of rotatable bonds is 6. The Hall–Kier alpha value is 0.177. The third-order valence-corrected chi connectivity index (χ3v) is 10.7. The molecule has 0 saturated carbocycles. The summed E-state index contributed by atoms with van der Waals surface area (Å²) in [6.07, 6.45) is 2.43. The summed E-state index contributed by atoms with van der Waals surface area (Å²) < 4.78 is 0. The maximum absolute atomic E-state index is 6.50.